The molecule has 1 aromatic carbocycles. The molecule has 0 heterocycles. The van der Waals surface area contributed by atoms with Gasteiger partial charge >= 0.3 is 5.97 Å². The molecule has 0 saturated heterocycles. The van der Waals surface area contributed by atoms with Crippen LogP contribution in [0.2, 0.25) is 0 Å². The van der Waals surface area contributed by atoms with Gasteiger partial charge in [0.2, 0.25) is 0 Å². The van der Waals surface area contributed by atoms with Gasteiger partial charge in [-0.25, -0.2) is 0 Å². The molecule has 0 N–H and O–H groups in total. The van der Waals surface area contributed by atoms with E-state index in [1.54, 1.807) is 0 Å². The molecule has 1 aliphatic rings. The van der Waals surface area contributed by atoms with Crippen molar-refractivity contribution in [1.82, 2.24) is 0 Å². The lowest BCUT2D eigenvalue weighted by atomic mass is 9.79. The van der Waals surface area contributed by atoms with Gasteiger partial charge in [0.15, 0.2) is 0 Å². The molecule has 0 radical (unpaired) electrons. The van der Waals surface area contributed by atoms with Crippen molar-refractivity contribution in [1.29, 1.82) is 0 Å². The lowest BCUT2D eigenvalue weighted by Crippen LogP contribution is -2.35. The normalized spacial score (nSPS) is 17.1. The predicted octanol–water partition coefficient (Wildman–Crippen LogP) is 3.30. The second kappa shape index (κ2) is 7.65. The van der Waals surface area contributed by atoms with Gasteiger partial charge in [-0.1, -0.05) is 43.2 Å². The Morgan fingerprint density at radius 3 is 2.45 bits per heavy atom. The van der Waals surface area contributed by atoms with Crippen molar-refractivity contribution < 1.29 is 14.3 Å². The molecule has 1 saturated carbocycles. The second-order valence-electron chi connectivity index (χ2n) is 5.09. The highest BCUT2D eigenvalue weighted by atomic mass is 35.5. The predicted molar refractivity (Wildman–Crippen MR) is 79.1 cm³/mol. The van der Waals surface area contributed by atoms with Crippen molar-refractivity contribution in [2.75, 3.05) is 25.7 Å². The fraction of sp³-hybridized carbons (Fsp3) is 0.562. The molecule has 20 heavy (non-hydrogen) atoms. The molecule has 110 valence electrons. The minimum atomic E-state index is -0.451. The Hall–Kier alpha value is -1.06. The number of ether oxygens (including phenoxy) is 2. The van der Waals surface area contributed by atoms with E-state index in [1.165, 1.54) is 0 Å². The zero-order valence-electron chi connectivity index (χ0n) is 11.6. The number of carbonyl (C=O) groups is 1. The standard InChI is InChI=1S/C16H21ClO3/c17-10-11-19-12-13-20-15(18)16(8-4-5-9-16)14-6-2-1-3-7-14/h1-3,6-7H,4-5,8-13H2. The summed E-state index contributed by atoms with van der Waals surface area (Å²) in [5.41, 5.74) is 0.623. The summed E-state index contributed by atoms with van der Waals surface area (Å²) in [5, 5.41) is 0. The van der Waals surface area contributed by atoms with E-state index < -0.39 is 5.41 Å². The zero-order chi connectivity index (χ0) is 14.3. The SMILES string of the molecule is O=C(OCCOCCCl)C1(c2ccccc2)CCCC1. The highest BCUT2D eigenvalue weighted by Gasteiger charge is 2.43. The van der Waals surface area contributed by atoms with Gasteiger partial charge in [-0.05, 0) is 18.4 Å². The third-order valence-corrected chi connectivity index (χ3v) is 4.01. The smallest absolute Gasteiger partial charge is 0.316 e. The fourth-order valence-electron chi connectivity index (χ4n) is 2.83. The highest BCUT2D eigenvalue weighted by Crippen LogP contribution is 2.42. The summed E-state index contributed by atoms with van der Waals surface area (Å²) >= 11 is 5.52. The van der Waals surface area contributed by atoms with Crippen LogP contribution in [0, 0.1) is 0 Å². The number of carbonyl (C=O) groups excluding carboxylic acids is 1. The molecule has 0 unspecified atom stereocenters. The van der Waals surface area contributed by atoms with Crippen LogP contribution in [-0.2, 0) is 19.7 Å². The average Bonchev–Trinajstić information content (AvgIpc) is 2.99. The minimum absolute atomic E-state index is 0.115. The van der Waals surface area contributed by atoms with Gasteiger partial charge in [-0.15, -0.1) is 11.6 Å². The van der Waals surface area contributed by atoms with Crippen LogP contribution in [0.1, 0.15) is 31.2 Å². The summed E-state index contributed by atoms with van der Waals surface area (Å²) < 4.78 is 10.6. The highest BCUT2D eigenvalue weighted by molar-refractivity contribution is 6.17. The first-order valence-corrected chi connectivity index (χ1v) is 7.69. The lowest BCUT2D eigenvalue weighted by Gasteiger charge is -2.27. The van der Waals surface area contributed by atoms with Gasteiger partial charge in [0, 0.05) is 5.88 Å². The van der Waals surface area contributed by atoms with Crippen LogP contribution in [0.4, 0.5) is 0 Å². The van der Waals surface area contributed by atoms with E-state index in [0.29, 0.717) is 25.7 Å². The van der Waals surface area contributed by atoms with Crippen LogP contribution in [0.5, 0.6) is 0 Å². The number of rotatable bonds is 7. The molecule has 1 aromatic rings. The Kier molecular flexibility index (Phi) is 5.86. The summed E-state index contributed by atoms with van der Waals surface area (Å²) in [6, 6.07) is 9.98. The average molecular weight is 297 g/mol. The van der Waals surface area contributed by atoms with Crippen LogP contribution in [-0.4, -0.2) is 31.7 Å². The number of benzene rings is 1. The van der Waals surface area contributed by atoms with Crippen LogP contribution in [0.3, 0.4) is 0 Å². The van der Waals surface area contributed by atoms with Gasteiger partial charge in [-0.3, -0.25) is 4.79 Å². The first-order chi connectivity index (χ1) is 9.79. The number of alkyl halides is 1. The quantitative estimate of drug-likeness (QED) is 0.440. The monoisotopic (exact) mass is 296 g/mol. The van der Waals surface area contributed by atoms with E-state index >= 15 is 0 Å². The largest absolute Gasteiger partial charge is 0.463 e. The van der Waals surface area contributed by atoms with E-state index in [9.17, 15) is 4.79 Å². The summed E-state index contributed by atoms with van der Waals surface area (Å²) in [6.45, 7) is 1.19. The molecule has 4 heteroatoms. The Morgan fingerprint density at radius 1 is 1.10 bits per heavy atom. The van der Waals surface area contributed by atoms with Crippen molar-refractivity contribution >= 4 is 17.6 Å². The molecule has 0 atom stereocenters. The summed E-state index contributed by atoms with van der Waals surface area (Å²) in [4.78, 5) is 12.5. The molecule has 0 aliphatic heterocycles. The molecule has 1 fully saturated rings. The topological polar surface area (TPSA) is 35.5 Å². The van der Waals surface area contributed by atoms with Crippen molar-refractivity contribution in [3.05, 3.63) is 35.9 Å². The van der Waals surface area contributed by atoms with Crippen LogP contribution < -0.4 is 0 Å². The Labute approximate surface area is 125 Å². The Morgan fingerprint density at radius 2 is 1.80 bits per heavy atom. The molecule has 2 rings (SSSR count). The molecular formula is C16H21ClO3. The molecule has 0 spiro atoms. The Bertz CT molecular complexity index is 413. The van der Waals surface area contributed by atoms with Gasteiger partial charge in [-0.2, -0.15) is 0 Å². The molecule has 1 aliphatic carbocycles. The van der Waals surface area contributed by atoms with Crippen LogP contribution >= 0.6 is 11.6 Å². The van der Waals surface area contributed by atoms with E-state index in [-0.39, 0.29) is 5.97 Å². The van der Waals surface area contributed by atoms with Crippen LogP contribution in [0.25, 0.3) is 0 Å². The Balaban J connectivity index is 1.96. The number of hydrogen-bond acceptors (Lipinski definition) is 3. The summed E-state index contributed by atoms with van der Waals surface area (Å²) in [5.74, 6) is 0.345. The van der Waals surface area contributed by atoms with Gasteiger partial charge in [0.1, 0.15) is 6.61 Å². The third kappa shape index (κ3) is 3.53. The maximum Gasteiger partial charge on any atom is 0.316 e. The summed E-state index contributed by atoms with van der Waals surface area (Å²) in [7, 11) is 0. The maximum atomic E-state index is 12.5. The molecule has 0 aromatic heterocycles. The molecule has 0 bridgehead atoms. The van der Waals surface area contributed by atoms with Crippen molar-refractivity contribution in [2.45, 2.75) is 31.1 Å². The first kappa shape index (κ1) is 15.3. The number of halogens is 1. The third-order valence-electron chi connectivity index (χ3n) is 3.86. The van der Waals surface area contributed by atoms with Gasteiger partial charge < -0.3 is 9.47 Å². The number of esters is 1. The van der Waals surface area contributed by atoms with E-state index in [2.05, 4.69) is 0 Å². The molecular weight excluding hydrogens is 276 g/mol. The van der Waals surface area contributed by atoms with Crippen molar-refractivity contribution in [2.24, 2.45) is 0 Å². The van der Waals surface area contributed by atoms with Crippen molar-refractivity contribution in [3.8, 4) is 0 Å². The van der Waals surface area contributed by atoms with Gasteiger partial charge in [0.05, 0.1) is 18.6 Å². The molecule has 3 nitrogen and oxygen atoms in total. The van der Waals surface area contributed by atoms with E-state index in [4.69, 9.17) is 21.1 Å². The zero-order valence-corrected chi connectivity index (χ0v) is 12.4. The summed E-state index contributed by atoms with van der Waals surface area (Å²) in [6.07, 6.45) is 3.90. The maximum absolute atomic E-state index is 12.5. The molecule has 0 amide bonds. The fourth-order valence-corrected chi connectivity index (χ4v) is 2.94. The lowest BCUT2D eigenvalue weighted by molar-refractivity contribution is -0.152. The minimum Gasteiger partial charge on any atom is -0.463 e. The number of hydrogen-bond donors (Lipinski definition) is 0. The second-order valence-corrected chi connectivity index (χ2v) is 5.47. The van der Waals surface area contributed by atoms with E-state index in [1.807, 2.05) is 30.3 Å². The first-order valence-electron chi connectivity index (χ1n) is 7.16. The van der Waals surface area contributed by atoms with Gasteiger partial charge in [0.25, 0.3) is 0 Å². The van der Waals surface area contributed by atoms with Crippen molar-refractivity contribution in [3.63, 3.8) is 0 Å². The van der Waals surface area contributed by atoms with Crippen LogP contribution in [0.15, 0.2) is 30.3 Å². The van der Waals surface area contributed by atoms with E-state index in [0.717, 1.165) is 31.2 Å².